The van der Waals surface area contributed by atoms with Crippen LogP contribution < -0.4 is 0 Å². The molecule has 0 heterocycles. The third kappa shape index (κ3) is 4.09. The topological polar surface area (TPSA) is 60.8 Å². The molecule has 1 atom stereocenters. The van der Waals surface area contributed by atoms with Crippen LogP contribution in [0.15, 0.2) is 60.7 Å². The van der Waals surface area contributed by atoms with Crippen molar-refractivity contribution in [3.8, 4) is 0 Å². The number of benzene rings is 2. The fourth-order valence-electron chi connectivity index (χ4n) is 3.27. The zero-order valence-electron chi connectivity index (χ0n) is 15.1. The van der Waals surface area contributed by atoms with Gasteiger partial charge in [-0.3, -0.25) is 9.69 Å². The van der Waals surface area contributed by atoms with Gasteiger partial charge >= 0.3 is 5.97 Å². The van der Waals surface area contributed by atoms with E-state index in [1.165, 1.54) is 0 Å². The monoisotopic (exact) mass is 341 g/mol. The molecule has 0 aliphatic heterocycles. The summed E-state index contributed by atoms with van der Waals surface area (Å²) >= 11 is 0. The third-order valence-corrected chi connectivity index (χ3v) is 4.80. The Morgan fingerprint density at radius 1 is 0.880 bits per heavy atom. The van der Waals surface area contributed by atoms with Crippen LogP contribution in [0.5, 0.6) is 0 Å². The first-order valence-corrected chi connectivity index (χ1v) is 8.48. The van der Waals surface area contributed by atoms with Crippen molar-refractivity contribution >= 4 is 5.97 Å². The van der Waals surface area contributed by atoms with Crippen molar-refractivity contribution in [1.82, 2.24) is 4.90 Å². The Morgan fingerprint density at radius 3 is 1.56 bits per heavy atom. The predicted octanol–water partition coefficient (Wildman–Crippen LogP) is 3.55. The van der Waals surface area contributed by atoms with Crippen molar-refractivity contribution in [2.75, 3.05) is 6.61 Å². The predicted molar refractivity (Wildman–Crippen MR) is 99.0 cm³/mol. The Kier molecular flexibility index (Phi) is 5.98. The fourth-order valence-corrected chi connectivity index (χ4v) is 3.27. The summed E-state index contributed by atoms with van der Waals surface area (Å²) in [5, 5.41) is 20.3. The number of aliphatic hydroxyl groups excluding tert-OH is 1. The second kappa shape index (κ2) is 7.81. The van der Waals surface area contributed by atoms with Crippen LogP contribution in [-0.2, 0) is 17.9 Å². The summed E-state index contributed by atoms with van der Waals surface area (Å²) in [5.74, 6) is -1.01. The molecule has 134 valence electrons. The average molecular weight is 341 g/mol. The van der Waals surface area contributed by atoms with E-state index in [0.717, 1.165) is 11.1 Å². The number of carboxylic acids is 1. The lowest BCUT2D eigenvalue weighted by atomic mass is 9.72. The summed E-state index contributed by atoms with van der Waals surface area (Å²) in [4.78, 5) is 14.2. The minimum atomic E-state index is -1.39. The second-order valence-electron chi connectivity index (χ2n) is 7.40. The highest BCUT2D eigenvalue weighted by atomic mass is 16.4. The van der Waals surface area contributed by atoms with Crippen molar-refractivity contribution in [2.45, 2.75) is 39.4 Å². The van der Waals surface area contributed by atoms with Gasteiger partial charge < -0.3 is 10.2 Å². The van der Waals surface area contributed by atoms with E-state index < -0.39 is 23.5 Å². The van der Waals surface area contributed by atoms with Crippen molar-refractivity contribution < 1.29 is 15.0 Å². The van der Waals surface area contributed by atoms with E-state index in [-0.39, 0.29) is 0 Å². The maximum atomic E-state index is 12.3. The van der Waals surface area contributed by atoms with E-state index in [0.29, 0.717) is 13.1 Å². The number of hydrogen-bond acceptors (Lipinski definition) is 3. The summed E-state index contributed by atoms with van der Waals surface area (Å²) in [6.07, 6.45) is 0. The average Bonchev–Trinajstić information content (AvgIpc) is 2.56. The van der Waals surface area contributed by atoms with Crippen LogP contribution in [0.25, 0.3) is 0 Å². The Morgan fingerprint density at radius 2 is 1.28 bits per heavy atom. The molecule has 0 spiro atoms. The summed E-state index contributed by atoms with van der Waals surface area (Å²) < 4.78 is 0. The van der Waals surface area contributed by atoms with Crippen LogP contribution in [-0.4, -0.2) is 33.2 Å². The standard InChI is InChI=1S/C21H27NO3/c1-20(2,3)21(16-23,19(24)25)22(14-17-10-6-4-7-11-17)15-18-12-8-5-9-13-18/h4-13,23H,14-16H2,1-3H3,(H,24,25)/t21-/m1/s1. The first-order valence-electron chi connectivity index (χ1n) is 8.48. The molecule has 0 bridgehead atoms. The minimum Gasteiger partial charge on any atom is -0.480 e. The molecular formula is C21H27NO3. The molecular weight excluding hydrogens is 314 g/mol. The van der Waals surface area contributed by atoms with Crippen LogP contribution in [0, 0.1) is 5.41 Å². The van der Waals surface area contributed by atoms with Crippen LogP contribution in [0.2, 0.25) is 0 Å². The number of hydrogen-bond donors (Lipinski definition) is 2. The van der Waals surface area contributed by atoms with E-state index in [2.05, 4.69) is 0 Å². The van der Waals surface area contributed by atoms with Gasteiger partial charge in [-0.1, -0.05) is 81.4 Å². The number of nitrogens with zero attached hydrogens (tertiary/aromatic N) is 1. The smallest absolute Gasteiger partial charge is 0.327 e. The molecule has 0 radical (unpaired) electrons. The molecule has 0 fully saturated rings. The van der Waals surface area contributed by atoms with Crippen LogP contribution in [0.1, 0.15) is 31.9 Å². The fraction of sp³-hybridized carbons (Fsp3) is 0.381. The van der Waals surface area contributed by atoms with Crippen LogP contribution in [0.4, 0.5) is 0 Å². The molecule has 0 aromatic heterocycles. The van der Waals surface area contributed by atoms with Crippen molar-refractivity contribution in [3.63, 3.8) is 0 Å². The third-order valence-electron chi connectivity index (χ3n) is 4.80. The summed E-state index contributed by atoms with van der Waals surface area (Å²) in [6.45, 7) is 6.02. The molecule has 4 heteroatoms. The van der Waals surface area contributed by atoms with Gasteiger partial charge in [0.05, 0.1) is 6.61 Å². The number of carbonyl (C=O) groups is 1. The molecule has 2 aromatic carbocycles. The van der Waals surface area contributed by atoms with Gasteiger partial charge in [0.1, 0.15) is 5.54 Å². The summed E-state index contributed by atoms with van der Waals surface area (Å²) in [7, 11) is 0. The molecule has 0 unspecified atom stereocenters. The summed E-state index contributed by atoms with van der Waals surface area (Å²) in [5.41, 5.74) is -0.0148. The highest BCUT2D eigenvalue weighted by Crippen LogP contribution is 2.38. The maximum absolute atomic E-state index is 12.3. The quantitative estimate of drug-likeness (QED) is 0.808. The van der Waals surface area contributed by atoms with Gasteiger partial charge in [-0.25, -0.2) is 0 Å². The molecule has 0 saturated heterocycles. The molecule has 0 aliphatic carbocycles. The lowest BCUT2D eigenvalue weighted by Crippen LogP contribution is -2.64. The van der Waals surface area contributed by atoms with Crippen molar-refractivity contribution in [2.24, 2.45) is 5.41 Å². The van der Waals surface area contributed by atoms with Gasteiger partial charge in [0.25, 0.3) is 0 Å². The molecule has 0 amide bonds. The molecule has 0 saturated carbocycles. The Labute approximate surface area is 149 Å². The number of aliphatic hydroxyl groups is 1. The van der Waals surface area contributed by atoms with Gasteiger partial charge in [-0.2, -0.15) is 0 Å². The van der Waals surface area contributed by atoms with Gasteiger partial charge in [0, 0.05) is 13.1 Å². The number of rotatable bonds is 7. The zero-order chi connectivity index (χ0) is 18.5. The van der Waals surface area contributed by atoms with Gasteiger partial charge in [-0.15, -0.1) is 0 Å². The van der Waals surface area contributed by atoms with Crippen LogP contribution in [0.3, 0.4) is 0 Å². The number of aliphatic carboxylic acids is 1. The second-order valence-corrected chi connectivity index (χ2v) is 7.40. The van der Waals surface area contributed by atoms with Crippen molar-refractivity contribution in [1.29, 1.82) is 0 Å². The molecule has 2 aromatic rings. The van der Waals surface area contributed by atoms with Gasteiger partial charge in [0.2, 0.25) is 0 Å². The zero-order valence-corrected chi connectivity index (χ0v) is 15.1. The lowest BCUT2D eigenvalue weighted by Gasteiger charge is -2.48. The molecule has 0 aliphatic rings. The molecule has 4 nitrogen and oxygen atoms in total. The van der Waals surface area contributed by atoms with E-state index in [4.69, 9.17) is 0 Å². The van der Waals surface area contributed by atoms with Gasteiger partial charge in [-0.05, 0) is 16.5 Å². The largest absolute Gasteiger partial charge is 0.480 e. The Hall–Kier alpha value is -2.17. The molecule has 2 rings (SSSR count). The Balaban J connectivity index is 2.49. The SMILES string of the molecule is CC(C)(C)[C@@](CO)(C(=O)O)N(Cc1ccccc1)Cc1ccccc1. The van der Waals surface area contributed by atoms with Gasteiger partial charge in [0.15, 0.2) is 0 Å². The first kappa shape index (κ1) is 19.2. The maximum Gasteiger partial charge on any atom is 0.327 e. The highest BCUT2D eigenvalue weighted by molar-refractivity contribution is 5.80. The van der Waals surface area contributed by atoms with Crippen molar-refractivity contribution in [3.05, 3.63) is 71.8 Å². The molecule has 2 N–H and O–H groups in total. The van der Waals surface area contributed by atoms with E-state index in [9.17, 15) is 15.0 Å². The first-order chi connectivity index (χ1) is 11.8. The van der Waals surface area contributed by atoms with Crippen LogP contribution >= 0.6 is 0 Å². The minimum absolute atomic E-state index is 0.444. The Bertz CT molecular complexity index is 638. The van der Waals surface area contributed by atoms with E-state index >= 15 is 0 Å². The van der Waals surface area contributed by atoms with E-state index in [1.54, 1.807) is 0 Å². The van der Waals surface area contributed by atoms with E-state index in [1.807, 2.05) is 86.3 Å². The highest BCUT2D eigenvalue weighted by Gasteiger charge is 2.53. The number of carboxylic acid groups (broad SMARTS) is 1. The summed E-state index contributed by atoms with van der Waals surface area (Å²) in [6, 6.07) is 19.5. The normalized spacial score (nSPS) is 14.3. The lowest BCUT2D eigenvalue weighted by molar-refractivity contribution is -0.167. The molecule has 25 heavy (non-hydrogen) atoms.